The molecule has 1 atom stereocenters. The van der Waals surface area contributed by atoms with Crippen LogP contribution in [0.1, 0.15) is 13.3 Å². The first kappa shape index (κ1) is 25.1. The Hall–Kier alpha value is -2.16. The summed E-state index contributed by atoms with van der Waals surface area (Å²) in [5.41, 5.74) is 1.17. The number of halogens is 1. The monoisotopic (exact) mass is 538 g/mol. The number of rotatable bonds is 9. The van der Waals surface area contributed by atoms with Gasteiger partial charge >= 0.3 is 0 Å². The predicted octanol–water partition coefficient (Wildman–Crippen LogP) is 4.12. The van der Waals surface area contributed by atoms with Gasteiger partial charge in [0.25, 0.3) is 0 Å². The van der Waals surface area contributed by atoms with Crippen molar-refractivity contribution in [1.29, 1.82) is 0 Å². The summed E-state index contributed by atoms with van der Waals surface area (Å²) >= 11 is 0. The van der Waals surface area contributed by atoms with E-state index in [1.807, 2.05) is 42.5 Å². The van der Waals surface area contributed by atoms with Crippen LogP contribution in [-0.4, -0.2) is 64.3 Å². The van der Waals surface area contributed by atoms with Gasteiger partial charge in [-0.1, -0.05) is 30.3 Å². The van der Waals surface area contributed by atoms with Gasteiger partial charge in [-0.15, -0.1) is 24.0 Å². The Bertz CT molecular complexity index is 803. The van der Waals surface area contributed by atoms with Gasteiger partial charge in [0, 0.05) is 33.2 Å². The lowest BCUT2D eigenvalue weighted by atomic mass is 10.1. The molecule has 0 aromatic heterocycles. The van der Waals surface area contributed by atoms with Crippen molar-refractivity contribution in [2.75, 3.05) is 58.4 Å². The molecule has 31 heavy (non-hydrogen) atoms. The van der Waals surface area contributed by atoms with Crippen LogP contribution in [0.5, 0.6) is 11.5 Å². The lowest BCUT2D eigenvalue weighted by molar-refractivity contribution is 0.281. The fourth-order valence-corrected chi connectivity index (χ4v) is 3.70. The molecule has 0 spiro atoms. The second-order valence-electron chi connectivity index (χ2n) is 7.55. The van der Waals surface area contributed by atoms with Crippen LogP contribution in [0.4, 0.5) is 5.69 Å². The normalized spacial score (nSPS) is 15.9. The number of benzene rings is 2. The zero-order valence-corrected chi connectivity index (χ0v) is 21.1. The maximum Gasteiger partial charge on any atom is 0.193 e. The Morgan fingerprint density at radius 2 is 1.90 bits per heavy atom. The van der Waals surface area contributed by atoms with Crippen molar-refractivity contribution in [3.8, 4) is 11.5 Å². The highest BCUT2D eigenvalue weighted by molar-refractivity contribution is 14.0. The first-order chi connectivity index (χ1) is 14.7. The Labute approximate surface area is 203 Å². The third-order valence-electron chi connectivity index (χ3n) is 5.35. The molecule has 1 fully saturated rings. The first-order valence-electron chi connectivity index (χ1n) is 10.8. The highest BCUT2D eigenvalue weighted by Gasteiger charge is 2.24. The van der Waals surface area contributed by atoms with Gasteiger partial charge in [0.2, 0.25) is 0 Å². The number of hydrogen-bond donors (Lipinski definition) is 1. The molecule has 6 nitrogen and oxygen atoms in total. The molecule has 1 saturated heterocycles. The molecule has 0 saturated carbocycles. The lowest BCUT2D eigenvalue weighted by Gasteiger charge is -2.23. The summed E-state index contributed by atoms with van der Waals surface area (Å²) in [6.07, 6.45) is 1.14. The number of likely N-dealkylation sites (N-methyl/N-ethyl adjacent to an activating group) is 1. The molecule has 0 bridgehead atoms. The molecule has 170 valence electrons. The van der Waals surface area contributed by atoms with E-state index in [0.717, 1.165) is 56.6 Å². The third-order valence-corrected chi connectivity index (χ3v) is 5.35. The molecule has 1 heterocycles. The number of ether oxygens (including phenoxy) is 2. The number of anilines is 1. The quantitative estimate of drug-likeness (QED) is 0.296. The van der Waals surface area contributed by atoms with E-state index in [-0.39, 0.29) is 24.0 Å². The Morgan fingerprint density at radius 3 is 2.65 bits per heavy atom. The Morgan fingerprint density at radius 1 is 1.16 bits per heavy atom. The summed E-state index contributed by atoms with van der Waals surface area (Å²) < 4.78 is 11.4. The van der Waals surface area contributed by atoms with Gasteiger partial charge in [0.05, 0.1) is 19.3 Å². The molecule has 3 rings (SSSR count). The number of nitrogens with one attached hydrogen (secondary N) is 1. The van der Waals surface area contributed by atoms with Crippen LogP contribution in [0.25, 0.3) is 0 Å². The SMILES string of the molecule is CCNC(=NCC1CCN(c2ccccc2OC)C1)N(C)CCOc1ccccc1.I. The summed E-state index contributed by atoms with van der Waals surface area (Å²) in [7, 11) is 3.79. The molecule has 7 heteroatoms. The minimum Gasteiger partial charge on any atom is -0.495 e. The van der Waals surface area contributed by atoms with Crippen LogP contribution in [0.15, 0.2) is 59.6 Å². The van der Waals surface area contributed by atoms with Gasteiger partial charge in [-0.3, -0.25) is 4.99 Å². The number of aliphatic imine (C=N–C) groups is 1. The highest BCUT2D eigenvalue weighted by atomic mass is 127. The molecule has 1 N–H and O–H groups in total. The maximum atomic E-state index is 5.82. The van der Waals surface area contributed by atoms with Gasteiger partial charge in [-0.05, 0) is 43.5 Å². The number of hydrogen-bond acceptors (Lipinski definition) is 4. The second kappa shape index (κ2) is 13.3. The average molecular weight is 538 g/mol. The van der Waals surface area contributed by atoms with E-state index in [4.69, 9.17) is 14.5 Å². The molecular formula is C24H35IN4O2. The number of para-hydroxylation sites is 3. The summed E-state index contributed by atoms with van der Waals surface area (Å²) in [6, 6.07) is 18.2. The van der Waals surface area contributed by atoms with Crippen molar-refractivity contribution in [3.63, 3.8) is 0 Å². The van der Waals surface area contributed by atoms with Gasteiger partial charge in [0.1, 0.15) is 18.1 Å². The fourth-order valence-electron chi connectivity index (χ4n) is 3.70. The minimum atomic E-state index is 0. The highest BCUT2D eigenvalue weighted by Crippen LogP contribution is 2.31. The van der Waals surface area contributed by atoms with Crippen molar-refractivity contribution >= 4 is 35.6 Å². The maximum absolute atomic E-state index is 5.82. The summed E-state index contributed by atoms with van der Waals surface area (Å²) in [5, 5.41) is 3.40. The smallest absolute Gasteiger partial charge is 0.193 e. The molecule has 0 amide bonds. The van der Waals surface area contributed by atoms with E-state index in [1.54, 1.807) is 7.11 Å². The standard InChI is InChI=1S/C24H34N4O2.HI/c1-4-25-24(27(2)16-17-30-21-10-6-5-7-11-21)26-18-20-14-15-28(19-20)22-12-8-9-13-23(22)29-3;/h5-13,20H,4,14-19H2,1-3H3,(H,25,26);1H. The van der Waals surface area contributed by atoms with E-state index in [2.05, 4.69) is 41.2 Å². The van der Waals surface area contributed by atoms with E-state index in [1.165, 1.54) is 5.69 Å². The first-order valence-corrected chi connectivity index (χ1v) is 10.8. The molecule has 2 aromatic carbocycles. The van der Waals surface area contributed by atoms with Gasteiger partial charge in [-0.25, -0.2) is 0 Å². The van der Waals surface area contributed by atoms with Crippen LogP contribution in [0, 0.1) is 5.92 Å². The van der Waals surface area contributed by atoms with Crippen LogP contribution in [0.2, 0.25) is 0 Å². The molecule has 1 aliphatic heterocycles. The van der Waals surface area contributed by atoms with E-state index >= 15 is 0 Å². The Balaban J connectivity index is 0.00000341. The van der Waals surface area contributed by atoms with Crippen molar-refractivity contribution in [3.05, 3.63) is 54.6 Å². The minimum absolute atomic E-state index is 0. The zero-order chi connectivity index (χ0) is 21.2. The molecule has 0 radical (unpaired) electrons. The number of nitrogens with zero attached hydrogens (tertiary/aromatic N) is 3. The van der Waals surface area contributed by atoms with Gasteiger partial charge in [-0.2, -0.15) is 0 Å². The lowest BCUT2D eigenvalue weighted by Crippen LogP contribution is -2.41. The van der Waals surface area contributed by atoms with E-state index in [0.29, 0.717) is 12.5 Å². The average Bonchev–Trinajstić information content (AvgIpc) is 3.26. The van der Waals surface area contributed by atoms with Gasteiger partial charge < -0.3 is 24.6 Å². The van der Waals surface area contributed by atoms with Crippen LogP contribution < -0.4 is 19.7 Å². The third kappa shape index (κ3) is 7.48. The second-order valence-corrected chi connectivity index (χ2v) is 7.55. The molecular weight excluding hydrogens is 503 g/mol. The molecule has 1 aliphatic rings. The van der Waals surface area contributed by atoms with Crippen molar-refractivity contribution in [1.82, 2.24) is 10.2 Å². The van der Waals surface area contributed by atoms with Crippen molar-refractivity contribution in [2.24, 2.45) is 10.9 Å². The van der Waals surface area contributed by atoms with Crippen LogP contribution in [-0.2, 0) is 0 Å². The summed E-state index contributed by atoms with van der Waals surface area (Å²) in [5.74, 6) is 3.31. The van der Waals surface area contributed by atoms with E-state index < -0.39 is 0 Å². The Kier molecular flexibility index (Phi) is 10.8. The summed E-state index contributed by atoms with van der Waals surface area (Å²) in [4.78, 5) is 9.45. The molecule has 1 unspecified atom stereocenters. The number of guanidine groups is 1. The van der Waals surface area contributed by atoms with Crippen molar-refractivity contribution in [2.45, 2.75) is 13.3 Å². The topological polar surface area (TPSA) is 49.3 Å². The fraction of sp³-hybridized carbons (Fsp3) is 0.458. The van der Waals surface area contributed by atoms with Crippen molar-refractivity contribution < 1.29 is 9.47 Å². The zero-order valence-electron chi connectivity index (χ0n) is 18.8. The molecule has 2 aromatic rings. The van der Waals surface area contributed by atoms with Crippen LogP contribution >= 0.6 is 24.0 Å². The molecule has 0 aliphatic carbocycles. The summed E-state index contributed by atoms with van der Waals surface area (Å²) in [6.45, 7) is 7.21. The van der Waals surface area contributed by atoms with Crippen LogP contribution in [0.3, 0.4) is 0 Å². The number of methoxy groups -OCH3 is 1. The van der Waals surface area contributed by atoms with Gasteiger partial charge in [0.15, 0.2) is 5.96 Å². The largest absolute Gasteiger partial charge is 0.495 e. The predicted molar refractivity (Wildman–Crippen MR) is 139 cm³/mol. The van der Waals surface area contributed by atoms with E-state index in [9.17, 15) is 0 Å².